The molecule has 0 saturated heterocycles. The summed E-state index contributed by atoms with van der Waals surface area (Å²) < 4.78 is 29.0. The number of para-hydroxylation sites is 1. The van der Waals surface area contributed by atoms with Gasteiger partial charge in [0, 0.05) is 11.3 Å². The van der Waals surface area contributed by atoms with E-state index in [1.54, 1.807) is 6.07 Å². The van der Waals surface area contributed by atoms with Gasteiger partial charge < -0.3 is 10.1 Å². The smallest absolute Gasteiger partial charge is 0.330 e. The molecule has 7 heteroatoms. The van der Waals surface area contributed by atoms with Crippen LogP contribution >= 0.6 is 11.6 Å². The van der Waals surface area contributed by atoms with Gasteiger partial charge in [-0.25, -0.2) is 13.2 Å². The zero-order chi connectivity index (χ0) is 17.9. The molecule has 2 aromatic carbocycles. The summed E-state index contributed by atoms with van der Waals surface area (Å²) in [4.78, 5) is 12.1. The minimum Gasteiger partial charge on any atom is -0.425 e. The molecule has 0 aromatic heterocycles. The average Bonchev–Trinajstić information content (AvgIpc) is 2.49. The molecule has 5 nitrogen and oxygen atoms in total. The third-order valence-electron chi connectivity index (χ3n) is 3.39. The Bertz CT molecular complexity index is 858. The van der Waals surface area contributed by atoms with E-state index in [0.717, 1.165) is 17.4 Å². The number of carbonyl (C=O) groups excluding carboxylic acids is 1. The zero-order valence-electron chi connectivity index (χ0n) is 13.6. The number of halogens is 1. The van der Waals surface area contributed by atoms with Gasteiger partial charge in [-0.2, -0.15) is 0 Å². The van der Waals surface area contributed by atoms with E-state index in [1.165, 1.54) is 12.1 Å². The van der Waals surface area contributed by atoms with E-state index in [2.05, 4.69) is 5.32 Å². The number of hydrogen-bond acceptors (Lipinski definition) is 5. The van der Waals surface area contributed by atoms with Gasteiger partial charge in [-0.15, -0.1) is 0 Å². The summed E-state index contributed by atoms with van der Waals surface area (Å²) in [5, 5.41) is 3.10. The summed E-state index contributed by atoms with van der Waals surface area (Å²) >= 11 is 5.84. The molecular weight excluding hydrogens is 350 g/mol. The lowest BCUT2D eigenvalue weighted by atomic mass is 10.1. The standard InChI is InChI=1S/C17H18ClNO4S/c1-11-5-4-6-12(2)17(11)23-16(20)10-19-14-8-7-13(18)9-15(14)24(3,21)22/h4-9,19H,10H2,1-3H3. The Balaban J connectivity index is 2.13. The molecule has 0 aliphatic heterocycles. The van der Waals surface area contributed by atoms with Gasteiger partial charge in [-0.05, 0) is 43.2 Å². The number of nitrogens with one attached hydrogen (secondary N) is 1. The van der Waals surface area contributed by atoms with Crippen LogP contribution in [-0.4, -0.2) is 27.2 Å². The molecular formula is C17H18ClNO4S. The van der Waals surface area contributed by atoms with Crippen LogP contribution in [0.4, 0.5) is 5.69 Å². The van der Waals surface area contributed by atoms with E-state index in [-0.39, 0.29) is 11.4 Å². The van der Waals surface area contributed by atoms with Crippen molar-refractivity contribution in [1.82, 2.24) is 0 Å². The SMILES string of the molecule is Cc1cccc(C)c1OC(=O)CNc1ccc(Cl)cc1S(C)(=O)=O. The summed E-state index contributed by atoms with van der Waals surface area (Å²) in [7, 11) is -3.48. The predicted molar refractivity (Wildman–Crippen MR) is 94.6 cm³/mol. The Morgan fingerprint density at radius 3 is 2.38 bits per heavy atom. The first kappa shape index (κ1) is 18.3. The topological polar surface area (TPSA) is 72.5 Å². The number of ether oxygens (including phenoxy) is 1. The van der Waals surface area contributed by atoms with Crippen LogP contribution < -0.4 is 10.1 Å². The highest BCUT2D eigenvalue weighted by Crippen LogP contribution is 2.25. The van der Waals surface area contributed by atoms with Crippen molar-refractivity contribution in [2.24, 2.45) is 0 Å². The highest BCUT2D eigenvalue weighted by molar-refractivity contribution is 7.90. The molecule has 24 heavy (non-hydrogen) atoms. The minimum absolute atomic E-state index is 0.0369. The maximum Gasteiger partial charge on any atom is 0.330 e. The number of aryl methyl sites for hydroxylation is 2. The largest absolute Gasteiger partial charge is 0.425 e. The third kappa shape index (κ3) is 4.49. The second-order valence-electron chi connectivity index (χ2n) is 5.46. The molecule has 2 rings (SSSR count). The summed E-state index contributed by atoms with van der Waals surface area (Å²) in [6, 6.07) is 10.00. The number of carbonyl (C=O) groups is 1. The van der Waals surface area contributed by atoms with E-state index in [0.29, 0.717) is 16.5 Å². The van der Waals surface area contributed by atoms with E-state index in [1.807, 2.05) is 32.0 Å². The van der Waals surface area contributed by atoms with Crippen LogP contribution in [0.2, 0.25) is 5.02 Å². The Morgan fingerprint density at radius 2 is 1.79 bits per heavy atom. The number of hydrogen-bond donors (Lipinski definition) is 1. The first-order valence-corrected chi connectivity index (χ1v) is 9.46. The average molecular weight is 368 g/mol. The summed E-state index contributed by atoms with van der Waals surface area (Å²) in [5.74, 6) is 0.00513. The molecule has 0 amide bonds. The number of rotatable bonds is 5. The quantitative estimate of drug-likeness (QED) is 0.648. The monoisotopic (exact) mass is 367 g/mol. The van der Waals surface area contributed by atoms with Crippen LogP contribution in [0.25, 0.3) is 0 Å². The maximum absolute atomic E-state index is 12.1. The van der Waals surface area contributed by atoms with Crippen molar-refractivity contribution in [3.05, 3.63) is 52.5 Å². The second-order valence-corrected chi connectivity index (χ2v) is 7.88. The van der Waals surface area contributed by atoms with Crippen molar-refractivity contribution in [2.45, 2.75) is 18.7 Å². The summed E-state index contributed by atoms with van der Waals surface area (Å²) in [5.41, 5.74) is 2.01. The summed E-state index contributed by atoms with van der Waals surface area (Å²) in [6.45, 7) is 3.53. The highest BCUT2D eigenvalue weighted by atomic mass is 35.5. The Morgan fingerprint density at radius 1 is 1.17 bits per heavy atom. The van der Waals surface area contributed by atoms with Crippen LogP contribution in [0.3, 0.4) is 0 Å². The normalized spacial score (nSPS) is 11.2. The van der Waals surface area contributed by atoms with Gasteiger partial charge >= 0.3 is 5.97 Å². The molecule has 0 aliphatic carbocycles. The van der Waals surface area contributed by atoms with Gasteiger partial charge in [-0.3, -0.25) is 0 Å². The molecule has 0 fully saturated rings. The molecule has 0 heterocycles. The highest BCUT2D eigenvalue weighted by Gasteiger charge is 2.16. The lowest BCUT2D eigenvalue weighted by Gasteiger charge is -2.13. The van der Waals surface area contributed by atoms with E-state index in [4.69, 9.17) is 16.3 Å². The zero-order valence-corrected chi connectivity index (χ0v) is 15.2. The predicted octanol–water partition coefficient (Wildman–Crippen LogP) is 3.38. The lowest BCUT2D eigenvalue weighted by Crippen LogP contribution is -2.21. The summed E-state index contributed by atoms with van der Waals surface area (Å²) in [6.07, 6.45) is 1.08. The molecule has 0 saturated carbocycles. The number of esters is 1. The number of anilines is 1. The Kier molecular flexibility index (Phi) is 5.51. The van der Waals surface area contributed by atoms with Crippen molar-refractivity contribution in [3.63, 3.8) is 0 Å². The number of benzene rings is 2. The molecule has 0 unspecified atom stereocenters. The van der Waals surface area contributed by atoms with E-state index < -0.39 is 15.8 Å². The van der Waals surface area contributed by atoms with Gasteiger partial charge in [0.05, 0.1) is 10.6 Å². The molecule has 0 radical (unpaired) electrons. The molecule has 0 bridgehead atoms. The van der Waals surface area contributed by atoms with Crippen molar-refractivity contribution in [1.29, 1.82) is 0 Å². The third-order valence-corrected chi connectivity index (χ3v) is 4.76. The minimum atomic E-state index is -3.48. The van der Waals surface area contributed by atoms with Gasteiger partial charge in [0.25, 0.3) is 0 Å². The fraction of sp³-hybridized carbons (Fsp3) is 0.235. The van der Waals surface area contributed by atoms with Crippen LogP contribution in [0.1, 0.15) is 11.1 Å². The molecule has 2 aromatic rings. The number of sulfone groups is 1. The second kappa shape index (κ2) is 7.23. The lowest BCUT2D eigenvalue weighted by molar-refractivity contribution is -0.132. The Labute approximate surface area is 146 Å². The van der Waals surface area contributed by atoms with Crippen LogP contribution in [0.5, 0.6) is 5.75 Å². The van der Waals surface area contributed by atoms with Crippen LogP contribution in [0.15, 0.2) is 41.3 Å². The van der Waals surface area contributed by atoms with Crippen molar-refractivity contribution in [3.8, 4) is 5.75 Å². The first-order chi connectivity index (χ1) is 11.2. The Hall–Kier alpha value is -2.05. The van der Waals surface area contributed by atoms with Crippen LogP contribution in [-0.2, 0) is 14.6 Å². The van der Waals surface area contributed by atoms with Crippen LogP contribution in [0, 0.1) is 13.8 Å². The fourth-order valence-electron chi connectivity index (χ4n) is 2.23. The van der Waals surface area contributed by atoms with Crippen molar-refractivity contribution < 1.29 is 17.9 Å². The van der Waals surface area contributed by atoms with E-state index in [9.17, 15) is 13.2 Å². The van der Waals surface area contributed by atoms with Gasteiger partial charge in [0.15, 0.2) is 9.84 Å². The van der Waals surface area contributed by atoms with E-state index >= 15 is 0 Å². The van der Waals surface area contributed by atoms with Crippen molar-refractivity contribution in [2.75, 3.05) is 18.1 Å². The van der Waals surface area contributed by atoms with Gasteiger partial charge in [0.1, 0.15) is 12.3 Å². The molecule has 0 spiro atoms. The van der Waals surface area contributed by atoms with Crippen molar-refractivity contribution >= 4 is 33.1 Å². The molecule has 0 atom stereocenters. The van der Waals surface area contributed by atoms with Gasteiger partial charge in [-0.1, -0.05) is 29.8 Å². The van der Waals surface area contributed by atoms with Gasteiger partial charge in [0.2, 0.25) is 0 Å². The first-order valence-electron chi connectivity index (χ1n) is 7.19. The molecule has 128 valence electrons. The molecule has 1 N–H and O–H groups in total. The maximum atomic E-state index is 12.1. The molecule has 0 aliphatic rings. The fourth-order valence-corrected chi connectivity index (χ4v) is 3.34.